The predicted octanol–water partition coefficient (Wildman–Crippen LogP) is 1.86. The Hall–Kier alpha value is -1.20. The number of carbonyl (C=O) groups is 2. The van der Waals surface area contributed by atoms with Crippen molar-refractivity contribution in [3.05, 3.63) is 34.3 Å². The van der Waals surface area contributed by atoms with Gasteiger partial charge in [-0.1, -0.05) is 28.1 Å². The Labute approximate surface area is 114 Å². The zero-order chi connectivity index (χ0) is 13.3. The van der Waals surface area contributed by atoms with Crippen LogP contribution < -0.4 is 5.32 Å². The van der Waals surface area contributed by atoms with Crippen LogP contribution in [0.1, 0.15) is 24.9 Å². The topological polar surface area (TPSA) is 49.4 Å². The fourth-order valence-electron chi connectivity index (χ4n) is 2.04. The highest BCUT2D eigenvalue weighted by Crippen LogP contribution is 2.19. The molecular formula is C13H15BrN2O2. The number of hydrogen-bond donors (Lipinski definition) is 1. The summed E-state index contributed by atoms with van der Waals surface area (Å²) in [6, 6.07) is 7.54. The highest BCUT2D eigenvalue weighted by Gasteiger charge is 2.36. The first-order valence-corrected chi connectivity index (χ1v) is 6.60. The SMILES string of the molecule is CC(NC1CC(=O)N(C)C1=O)c1ccc(Br)cc1. The largest absolute Gasteiger partial charge is 0.299 e. The fraction of sp³-hybridized carbons (Fsp3) is 0.385. The number of likely N-dealkylation sites (tertiary alicyclic amines) is 1. The first-order valence-electron chi connectivity index (χ1n) is 5.81. The van der Waals surface area contributed by atoms with Gasteiger partial charge in [-0.05, 0) is 24.6 Å². The molecule has 18 heavy (non-hydrogen) atoms. The van der Waals surface area contributed by atoms with Crippen molar-refractivity contribution in [2.45, 2.75) is 25.4 Å². The number of nitrogens with one attached hydrogen (secondary N) is 1. The molecule has 0 aliphatic carbocycles. The van der Waals surface area contributed by atoms with Crippen LogP contribution >= 0.6 is 15.9 Å². The molecule has 1 aromatic carbocycles. The number of halogens is 1. The average Bonchev–Trinajstić information content (AvgIpc) is 2.58. The molecule has 1 aliphatic rings. The van der Waals surface area contributed by atoms with E-state index in [-0.39, 0.29) is 24.3 Å². The number of rotatable bonds is 3. The maximum Gasteiger partial charge on any atom is 0.246 e. The summed E-state index contributed by atoms with van der Waals surface area (Å²) in [5.74, 6) is -0.274. The van der Waals surface area contributed by atoms with Crippen LogP contribution in [-0.2, 0) is 9.59 Å². The number of hydrogen-bond acceptors (Lipinski definition) is 3. The van der Waals surface area contributed by atoms with Gasteiger partial charge in [0, 0.05) is 17.6 Å². The molecule has 1 aliphatic heterocycles. The summed E-state index contributed by atoms with van der Waals surface area (Å²) in [6.07, 6.45) is 0.246. The van der Waals surface area contributed by atoms with E-state index in [1.165, 1.54) is 11.9 Å². The first-order chi connectivity index (χ1) is 8.49. The summed E-state index contributed by atoms with van der Waals surface area (Å²) in [6.45, 7) is 1.99. The minimum atomic E-state index is -0.402. The molecule has 96 valence electrons. The standard InChI is InChI=1S/C13H15BrN2O2/c1-8(9-3-5-10(14)6-4-9)15-11-7-12(17)16(2)13(11)18/h3-6,8,11,15H,7H2,1-2H3. The fourth-order valence-corrected chi connectivity index (χ4v) is 2.30. The molecular weight excluding hydrogens is 296 g/mol. The van der Waals surface area contributed by atoms with Gasteiger partial charge >= 0.3 is 0 Å². The van der Waals surface area contributed by atoms with Crippen LogP contribution in [0.4, 0.5) is 0 Å². The average molecular weight is 311 g/mol. The van der Waals surface area contributed by atoms with Crippen LogP contribution in [0, 0.1) is 0 Å². The molecule has 0 saturated carbocycles. The van der Waals surface area contributed by atoms with Crippen molar-refractivity contribution in [1.82, 2.24) is 10.2 Å². The van der Waals surface area contributed by atoms with Crippen molar-refractivity contribution in [3.8, 4) is 0 Å². The Morgan fingerprint density at radius 2 is 1.94 bits per heavy atom. The molecule has 0 bridgehead atoms. The van der Waals surface area contributed by atoms with E-state index in [1.807, 2.05) is 31.2 Å². The van der Waals surface area contributed by atoms with E-state index in [0.29, 0.717) is 0 Å². The van der Waals surface area contributed by atoms with E-state index < -0.39 is 6.04 Å². The third-order valence-corrected chi connectivity index (χ3v) is 3.73. The smallest absolute Gasteiger partial charge is 0.246 e. The second-order valence-electron chi connectivity index (χ2n) is 4.49. The highest BCUT2D eigenvalue weighted by atomic mass is 79.9. The van der Waals surface area contributed by atoms with Crippen LogP contribution in [-0.4, -0.2) is 29.8 Å². The molecule has 2 amide bonds. The normalized spacial score (nSPS) is 21.5. The molecule has 1 fully saturated rings. The van der Waals surface area contributed by atoms with E-state index >= 15 is 0 Å². The minimum absolute atomic E-state index is 0.0337. The summed E-state index contributed by atoms with van der Waals surface area (Å²) < 4.78 is 1.02. The number of carbonyl (C=O) groups excluding carboxylic acids is 2. The summed E-state index contributed by atoms with van der Waals surface area (Å²) in [7, 11) is 1.52. The summed E-state index contributed by atoms with van der Waals surface area (Å²) in [5.41, 5.74) is 1.09. The van der Waals surface area contributed by atoms with Gasteiger partial charge in [0.25, 0.3) is 0 Å². The highest BCUT2D eigenvalue weighted by molar-refractivity contribution is 9.10. The third-order valence-electron chi connectivity index (χ3n) is 3.20. The second-order valence-corrected chi connectivity index (χ2v) is 5.40. The Kier molecular flexibility index (Phi) is 3.82. The van der Waals surface area contributed by atoms with Crippen LogP contribution in [0.5, 0.6) is 0 Å². The van der Waals surface area contributed by atoms with Gasteiger partial charge < -0.3 is 0 Å². The van der Waals surface area contributed by atoms with Crippen LogP contribution in [0.2, 0.25) is 0 Å². The van der Waals surface area contributed by atoms with Crippen molar-refractivity contribution in [2.75, 3.05) is 7.05 Å². The van der Waals surface area contributed by atoms with E-state index in [4.69, 9.17) is 0 Å². The van der Waals surface area contributed by atoms with Gasteiger partial charge in [-0.15, -0.1) is 0 Å². The van der Waals surface area contributed by atoms with Crippen molar-refractivity contribution < 1.29 is 9.59 Å². The summed E-state index contributed by atoms with van der Waals surface area (Å²) in [4.78, 5) is 24.4. The van der Waals surface area contributed by atoms with Gasteiger partial charge in [-0.2, -0.15) is 0 Å². The molecule has 2 rings (SSSR count). The quantitative estimate of drug-likeness (QED) is 0.867. The molecule has 0 aromatic heterocycles. The van der Waals surface area contributed by atoms with E-state index in [9.17, 15) is 9.59 Å². The lowest BCUT2D eigenvalue weighted by atomic mass is 10.1. The van der Waals surface area contributed by atoms with Gasteiger partial charge in [0.2, 0.25) is 11.8 Å². The number of nitrogens with zero attached hydrogens (tertiary/aromatic N) is 1. The van der Waals surface area contributed by atoms with E-state index in [2.05, 4.69) is 21.2 Å². The van der Waals surface area contributed by atoms with Crippen molar-refractivity contribution in [1.29, 1.82) is 0 Å². The lowest BCUT2D eigenvalue weighted by Crippen LogP contribution is -2.38. The second kappa shape index (κ2) is 5.20. The molecule has 2 unspecified atom stereocenters. The van der Waals surface area contributed by atoms with Gasteiger partial charge in [0.15, 0.2) is 0 Å². The Bertz CT molecular complexity index is 472. The lowest BCUT2D eigenvalue weighted by Gasteiger charge is -2.18. The van der Waals surface area contributed by atoms with Gasteiger partial charge in [-0.3, -0.25) is 19.8 Å². The monoisotopic (exact) mass is 310 g/mol. The zero-order valence-corrected chi connectivity index (χ0v) is 11.9. The van der Waals surface area contributed by atoms with Crippen molar-refractivity contribution in [3.63, 3.8) is 0 Å². The molecule has 0 spiro atoms. The Morgan fingerprint density at radius 3 is 2.44 bits per heavy atom. The maximum atomic E-state index is 11.8. The number of imide groups is 1. The lowest BCUT2D eigenvalue weighted by molar-refractivity contribution is -0.137. The minimum Gasteiger partial charge on any atom is -0.299 e. The van der Waals surface area contributed by atoms with Crippen LogP contribution in [0.25, 0.3) is 0 Å². The van der Waals surface area contributed by atoms with Crippen LogP contribution in [0.3, 0.4) is 0 Å². The Morgan fingerprint density at radius 1 is 1.33 bits per heavy atom. The first kappa shape index (κ1) is 13.2. The van der Waals surface area contributed by atoms with E-state index in [0.717, 1.165) is 10.0 Å². The molecule has 1 saturated heterocycles. The van der Waals surface area contributed by atoms with Gasteiger partial charge in [0.05, 0.1) is 12.5 Å². The summed E-state index contributed by atoms with van der Waals surface area (Å²) >= 11 is 3.38. The van der Waals surface area contributed by atoms with E-state index in [1.54, 1.807) is 0 Å². The number of benzene rings is 1. The Balaban J connectivity index is 2.04. The van der Waals surface area contributed by atoms with Crippen LogP contribution in [0.15, 0.2) is 28.7 Å². The van der Waals surface area contributed by atoms with Gasteiger partial charge in [-0.25, -0.2) is 0 Å². The molecule has 1 aromatic rings. The third kappa shape index (κ3) is 2.62. The van der Waals surface area contributed by atoms with Crippen molar-refractivity contribution >= 4 is 27.7 Å². The molecule has 5 heteroatoms. The molecule has 1 heterocycles. The molecule has 0 radical (unpaired) electrons. The summed E-state index contributed by atoms with van der Waals surface area (Å²) in [5, 5.41) is 3.20. The molecule has 4 nitrogen and oxygen atoms in total. The zero-order valence-electron chi connectivity index (χ0n) is 10.3. The van der Waals surface area contributed by atoms with Crippen molar-refractivity contribution in [2.24, 2.45) is 0 Å². The molecule has 1 N–H and O–H groups in total. The van der Waals surface area contributed by atoms with Gasteiger partial charge in [0.1, 0.15) is 0 Å². The number of amides is 2. The molecule has 2 atom stereocenters. The predicted molar refractivity (Wildman–Crippen MR) is 71.9 cm³/mol. The number of likely N-dealkylation sites (N-methyl/N-ethyl adjacent to an activating group) is 1. The maximum absolute atomic E-state index is 11.8.